The number of rotatable bonds is 8. The summed E-state index contributed by atoms with van der Waals surface area (Å²) in [6, 6.07) is 0. The standard InChI is InChI=1S/C11H20N4O2S/c1-3-9-8-18-11(13-9)15(6-7-17-2)5-4-10(12)14-16/h8,16H,3-7H2,1-2H3,(H2,12,14). The van der Waals surface area contributed by atoms with Gasteiger partial charge < -0.3 is 20.6 Å². The highest BCUT2D eigenvalue weighted by molar-refractivity contribution is 7.13. The van der Waals surface area contributed by atoms with Crippen LogP contribution in [0.2, 0.25) is 0 Å². The number of nitrogens with zero attached hydrogens (tertiary/aromatic N) is 3. The third kappa shape index (κ3) is 4.50. The zero-order valence-corrected chi connectivity index (χ0v) is 11.6. The minimum absolute atomic E-state index is 0.227. The van der Waals surface area contributed by atoms with Crippen molar-refractivity contribution in [2.24, 2.45) is 10.9 Å². The van der Waals surface area contributed by atoms with E-state index in [4.69, 9.17) is 15.7 Å². The van der Waals surface area contributed by atoms with E-state index in [0.29, 0.717) is 19.6 Å². The number of nitrogens with two attached hydrogens (primary N) is 1. The number of thiazole rings is 1. The van der Waals surface area contributed by atoms with Crippen LogP contribution in [-0.2, 0) is 11.2 Å². The number of oxime groups is 1. The number of aryl methyl sites for hydroxylation is 1. The number of ether oxygens (including phenoxy) is 1. The minimum Gasteiger partial charge on any atom is -0.409 e. The summed E-state index contributed by atoms with van der Waals surface area (Å²) in [5, 5.41) is 14.5. The maximum Gasteiger partial charge on any atom is 0.185 e. The molecule has 7 heteroatoms. The van der Waals surface area contributed by atoms with E-state index < -0.39 is 0 Å². The molecule has 18 heavy (non-hydrogen) atoms. The molecule has 0 atom stereocenters. The Balaban J connectivity index is 2.64. The van der Waals surface area contributed by atoms with Gasteiger partial charge in [0.15, 0.2) is 5.13 Å². The van der Waals surface area contributed by atoms with Crippen LogP contribution in [0.5, 0.6) is 0 Å². The van der Waals surface area contributed by atoms with Crippen LogP contribution in [0.4, 0.5) is 5.13 Å². The van der Waals surface area contributed by atoms with Crippen molar-refractivity contribution in [2.75, 3.05) is 31.7 Å². The Morgan fingerprint density at radius 3 is 2.94 bits per heavy atom. The number of aromatic nitrogens is 1. The summed E-state index contributed by atoms with van der Waals surface area (Å²) in [5.41, 5.74) is 6.57. The van der Waals surface area contributed by atoms with Crippen molar-refractivity contribution in [1.29, 1.82) is 0 Å². The summed E-state index contributed by atoms with van der Waals surface area (Å²) in [6.07, 6.45) is 1.43. The first-order chi connectivity index (χ1) is 8.71. The lowest BCUT2D eigenvalue weighted by molar-refractivity contribution is 0.205. The fourth-order valence-electron chi connectivity index (χ4n) is 1.41. The Hall–Kier alpha value is -1.34. The Morgan fingerprint density at radius 2 is 2.39 bits per heavy atom. The molecule has 1 aromatic rings. The third-order valence-corrected chi connectivity index (χ3v) is 3.45. The van der Waals surface area contributed by atoms with Crippen LogP contribution >= 0.6 is 11.3 Å². The van der Waals surface area contributed by atoms with Crippen LogP contribution in [0.15, 0.2) is 10.5 Å². The molecule has 0 aliphatic rings. The van der Waals surface area contributed by atoms with E-state index in [2.05, 4.69) is 27.3 Å². The lowest BCUT2D eigenvalue weighted by Crippen LogP contribution is -2.31. The van der Waals surface area contributed by atoms with E-state index in [-0.39, 0.29) is 5.84 Å². The maximum absolute atomic E-state index is 8.54. The van der Waals surface area contributed by atoms with Crippen molar-refractivity contribution in [3.05, 3.63) is 11.1 Å². The Kier molecular flexibility index (Phi) is 6.45. The van der Waals surface area contributed by atoms with E-state index in [9.17, 15) is 0 Å². The molecule has 0 amide bonds. The molecule has 0 aromatic carbocycles. The first kappa shape index (κ1) is 14.7. The summed E-state index contributed by atoms with van der Waals surface area (Å²) in [5.74, 6) is 0.227. The third-order valence-electron chi connectivity index (χ3n) is 2.50. The first-order valence-electron chi connectivity index (χ1n) is 5.86. The molecule has 0 saturated carbocycles. The van der Waals surface area contributed by atoms with Crippen molar-refractivity contribution >= 4 is 22.3 Å². The van der Waals surface area contributed by atoms with E-state index in [0.717, 1.165) is 23.8 Å². The van der Waals surface area contributed by atoms with Crippen molar-refractivity contribution in [2.45, 2.75) is 19.8 Å². The SMILES string of the molecule is CCc1csc(N(CCOC)CCC(N)=NO)n1. The van der Waals surface area contributed by atoms with Gasteiger partial charge in [0.2, 0.25) is 0 Å². The Morgan fingerprint density at radius 1 is 1.61 bits per heavy atom. The van der Waals surface area contributed by atoms with Crippen LogP contribution < -0.4 is 10.6 Å². The molecule has 0 unspecified atom stereocenters. The Bertz CT molecular complexity index is 381. The van der Waals surface area contributed by atoms with Crippen molar-refractivity contribution in [3.8, 4) is 0 Å². The van der Waals surface area contributed by atoms with Gasteiger partial charge in [0, 0.05) is 32.0 Å². The van der Waals surface area contributed by atoms with Gasteiger partial charge in [0.25, 0.3) is 0 Å². The molecule has 0 saturated heterocycles. The van der Waals surface area contributed by atoms with Gasteiger partial charge in [0.05, 0.1) is 12.3 Å². The van der Waals surface area contributed by atoms with Crippen molar-refractivity contribution in [3.63, 3.8) is 0 Å². The second-order valence-electron chi connectivity index (χ2n) is 3.80. The molecular weight excluding hydrogens is 252 g/mol. The van der Waals surface area contributed by atoms with Crippen LogP contribution in [0, 0.1) is 0 Å². The van der Waals surface area contributed by atoms with Crippen LogP contribution in [0.25, 0.3) is 0 Å². The quantitative estimate of drug-likeness (QED) is 0.322. The highest BCUT2D eigenvalue weighted by atomic mass is 32.1. The lowest BCUT2D eigenvalue weighted by Gasteiger charge is -2.21. The highest BCUT2D eigenvalue weighted by Crippen LogP contribution is 2.20. The van der Waals surface area contributed by atoms with Crippen molar-refractivity contribution in [1.82, 2.24) is 4.98 Å². The fraction of sp³-hybridized carbons (Fsp3) is 0.636. The number of methoxy groups -OCH3 is 1. The molecule has 102 valence electrons. The van der Waals surface area contributed by atoms with E-state index in [1.54, 1.807) is 18.4 Å². The summed E-state index contributed by atoms with van der Waals surface area (Å²) in [4.78, 5) is 6.62. The maximum atomic E-state index is 8.54. The molecule has 1 aromatic heterocycles. The largest absolute Gasteiger partial charge is 0.409 e. The normalized spacial score (nSPS) is 11.8. The van der Waals surface area contributed by atoms with Gasteiger partial charge in [-0.2, -0.15) is 0 Å². The minimum atomic E-state index is 0.227. The molecule has 1 heterocycles. The van der Waals surface area contributed by atoms with Gasteiger partial charge in [0.1, 0.15) is 5.84 Å². The average Bonchev–Trinajstić information content (AvgIpc) is 2.87. The summed E-state index contributed by atoms with van der Waals surface area (Å²) >= 11 is 1.61. The molecule has 0 aliphatic heterocycles. The van der Waals surface area contributed by atoms with E-state index >= 15 is 0 Å². The van der Waals surface area contributed by atoms with Gasteiger partial charge in [-0.3, -0.25) is 0 Å². The fourth-order valence-corrected chi connectivity index (χ4v) is 2.37. The van der Waals surface area contributed by atoms with Crippen LogP contribution in [0.3, 0.4) is 0 Å². The van der Waals surface area contributed by atoms with E-state index in [1.807, 2.05) is 0 Å². The van der Waals surface area contributed by atoms with Gasteiger partial charge in [-0.1, -0.05) is 12.1 Å². The van der Waals surface area contributed by atoms with Gasteiger partial charge in [-0.05, 0) is 6.42 Å². The zero-order chi connectivity index (χ0) is 13.4. The molecule has 0 aliphatic carbocycles. The molecular formula is C11H20N4O2S. The molecule has 3 N–H and O–H groups in total. The van der Waals surface area contributed by atoms with Crippen LogP contribution in [-0.4, -0.2) is 42.8 Å². The number of hydrogen-bond acceptors (Lipinski definition) is 6. The molecule has 0 radical (unpaired) electrons. The van der Waals surface area contributed by atoms with Gasteiger partial charge >= 0.3 is 0 Å². The predicted molar refractivity (Wildman–Crippen MR) is 73.6 cm³/mol. The number of anilines is 1. The highest BCUT2D eigenvalue weighted by Gasteiger charge is 2.11. The van der Waals surface area contributed by atoms with Gasteiger partial charge in [-0.25, -0.2) is 4.98 Å². The average molecular weight is 272 g/mol. The number of hydrogen-bond donors (Lipinski definition) is 2. The zero-order valence-electron chi connectivity index (χ0n) is 10.8. The Labute approximate surface area is 111 Å². The predicted octanol–water partition coefficient (Wildman–Crippen LogP) is 1.29. The van der Waals surface area contributed by atoms with Crippen LogP contribution in [0.1, 0.15) is 19.0 Å². The second-order valence-corrected chi connectivity index (χ2v) is 4.63. The second kappa shape index (κ2) is 7.88. The lowest BCUT2D eigenvalue weighted by atomic mass is 10.3. The summed E-state index contributed by atoms with van der Waals surface area (Å²) in [7, 11) is 1.67. The van der Waals surface area contributed by atoms with E-state index in [1.165, 1.54) is 0 Å². The molecule has 6 nitrogen and oxygen atoms in total. The monoisotopic (exact) mass is 272 g/mol. The molecule has 0 spiro atoms. The number of amidine groups is 1. The molecule has 0 fully saturated rings. The first-order valence-corrected chi connectivity index (χ1v) is 6.73. The van der Waals surface area contributed by atoms with Crippen molar-refractivity contribution < 1.29 is 9.94 Å². The summed E-state index contributed by atoms with van der Waals surface area (Å²) < 4.78 is 5.08. The smallest absolute Gasteiger partial charge is 0.185 e. The topological polar surface area (TPSA) is 84.0 Å². The molecule has 0 bridgehead atoms. The molecule has 1 rings (SSSR count). The summed E-state index contributed by atoms with van der Waals surface area (Å²) in [6.45, 7) is 4.10. The van der Waals surface area contributed by atoms with Gasteiger partial charge in [-0.15, -0.1) is 11.3 Å².